The molecule has 0 amide bonds. The molecular weight excluding hydrogens is 331 g/mol. The Labute approximate surface area is 134 Å². The molecule has 1 nitrogen and oxygen atoms in total. The van der Waals surface area contributed by atoms with E-state index in [1.165, 1.54) is 11.6 Å². The first-order valence-electron chi connectivity index (χ1n) is 7.10. The van der Waals surface area contributed by atoms with E-state index in [1.54, 1.807) is 6.07 Å². The van der Waals surface area contributed by atoms with Crippen molar-refractivity contribution in [2.24, 2.45) is 0 Å². The van der Waals surface area contributed by atoms with E-state index in [2.05, 4.69) is 48.8 Å². The van der Waals surface area contributed by atoms with Gasteiger partial charge in [0.2, 0.25) is 0 Å². The Morgan fingerprint density at radius 1 is 1.10 bits per heavy atom. The summed E-state index contributed by atoms with van der Waals surface area (Å²) in [5.41, 5.74) is 2.27. The summed E-state index contributed by atoms with van der Waals surface area (Å²) in [6, 6.07) is 13.1. The van der Waals surface area contributed by atoms with Gasteiger partial charge in [-0.3, -0.25) is 0 Å². The lowest BCUT2D eigenvalue weighted by Gasteiger charge is -2.23. The summed E-state index contributed by atoms with van der Waals surface area (Å²) < 4.78 is 19.6. The predicted molar refractivity (Wildman–Crippen MR) is 88.2 cm³/mol. The molecule has 0 bridgehead atoms. The Bertz CT molecular complexity index is 605. The van der Waals surface area contributed by atoms with Crippen LogP contribution in [0.25, 0.3) is 0 Å². The molecule has 0 aliphatic heterocycles. The highest BCUT2D eigenvalue weighted by Gasteiger charge is 2.17. The van der Waals surface area contributed by atoms with Gasteiger partial charge in [0.05, 0.1) is 4.47 Å². The lowest BCUT2D eigenvalue weighted by molar-refractivity contribution is 0.304. The van der Waals surface area contributed by atoms with Gasteiger partial charge in [0.25, 0.3) is 0 Å². The smallest absolute Gasteiger partial charge is 0.137 e. The lowest BCUT2D eigenvalue weighted by Crippen LogP contribution is -2.15. The predicted octanol–water partition coefficient (Wildman–Crippen LogP) is 5.85. The molecule has 0 spiro atoms. The van der Waals surface area contributed by atoms with E-state index in [9.17, 15) is 4.39 Å². The van der Waals surface area contributed by atoms with Crippen LogP contribution in [0.4, 0.5) is 4.39 Å². The normalized spacial score (nSPS) is 11.5. The van der Waals surface area contributed by atoms with E-state index in [1.807, 2.05) is 18.2 Å². The summed E-state index contributed by atoms with van der Waals surface area (Å²) in [6.07, 6.45) is 1.09. The Morgan fingerprint density at radius 2 is 1.76 bits per heavy atom. The van der Waals surface area contributed by atoms with Gasteiger partial charge < -0.3 is 4.74 Å². The van der Waals surface area contributed by atoms with Gasteiger partial charge in [0.1, 0.15) is 18.2 Å². The second-order valence-electron chi connectivity index (χ2n) is 5.76. The third-order valence-corrected chi connectivity index (χ3v) is 4.83. The van der Waals surface area contributed by atoms with Crippen molar-refractivity contribution in [2.75, 3.05) is 0 Å². The number of hydrogen-bond acceptors (Lipinski definition) is 1. The van der Waals surface area contributed by atoms with Gasteiger partial charge in [0, 0.05) is 5.56 Å². The fourth-order valence-corrected chi connectivity index (χ4v) is 2.41. The SMILES string of the molecule is CCC(C)(C)c1ccc(OCc2cccc(F)c2Br)cc1. The van der Waals surface area contributed by atoms with Crippen LogP contribution in [0.15, 0.2) is 46.9 Å². The molecule has 0 radical (unpaired) electrons. The maximum atomic E-state index is 13.4. The molecule has 2 aromatic carbocycles. The summed E-state index contributed by atoms with van der Waals surface area (Å²) in [4.78, 5) is 0. The molecule has 0 aliphatic carbocycles. The second kappa shape index (κ2) is 6.61. The molecule has 0 atom stereocenters. The van der Waals surface area contributed by atoms with Crippen molar-refractivity contribution < 1.29 is 9.13 Å². The van der Waals surface area contributed by atoms with Gasteiger partial charge >= 0.3 is 0 Å². The zero-order valence-electron chi connectivity index (χ0n) is 12.6. The second-order valence-corrected chi connectivity index (χ2v) is 6.56. The summed E-state index contributed by atoms with van der Waals surface area (Å²) in [7, 11) is 0. The van der Waals surface area contributed by atoms with Gasteiger partial charge in [-0.1, -0.05) is 45.0 Å². The first-order chi connectivity index (χ1) is 9.94. The summed E-state index contributed by atoms with van der Waals surface area (Å²) >= 11 is 3.25. The summed E-state index contributed by atoms with van der Waals surface area (Å²) in [5.74, 6) is 0.526. The molecule has 2 aromatic rings. The highest BCUT2D eigenvalue weighted by Crippen LogP contribution is 2.28. The Balaban J connectivity index is 2.06. The minimum absolute atomic E-state index is 0.171. The van der Waals surface area contributed by atoms with E-state index in [4.69, 9.17) is 4.74 Å². The number of hydrogen-bond donors (Lipinski definition) is 0. The van der Waals surface area contributed by atoms with Crippen LogP contribution in [-0.2, 0) is 12.0 Å². The molecule has 3 heteroatoms. The van der Waals surface area contributed by atoms with E-state index < -0.39 is 0 Å². The number of halogens is 2. The molecule has 0 unspecified atom stereocenters. The third kappa shape index (κ3) is 3.85. The molecule has 0 saturated heterocycles. The van der Waals surface area contributed by atoms with Crippen molar-refractivity contribution in [2.45, 2.75) is 39.2 Å². The minimum atomic E-state index is -0.267. The van der Waals surface area contributed by atoms with Crippen LogP contribution in [0.3, 0.4) is 0 Å². The molecular formula is C18H20BrFO. The van der Waals surface area contributed by atoms with Gasteiger partial charge in [-0.15, -0.1) is 0 Å². The maximum Gasteiger partial charge on any atom is 0.137 e. The van der Waals surface area contributed by atoms with Crippen LogP contribution in [0, 0.1) is 5.82 Å². The largest absolute Gasteiger partial charge is 0.489 e. The van der Waals surface area contributed by atoms with Crippen molar-refractivity contribution in [3.05, 3.63) is 63.9 Å². The van der Waals surface area contributed by atoms with Gasteiger partial charge in [-0.2, -0.15) is 0 Å². The summed E-state index contributed by atoms with van der Waals surface area (Å²) in [5, 5.41) is 0. The number of rotatable bonds is 5. The Kier molecular flexibility index (Phi) is 5.04. The molecule has 0 saturated carbocycles. The van der Waals surface area contributed by atoms with Gasteiger partial charge in [-0.25, -0.2) is 4.39 Å². The van der Waals surface area contributed by atoms with Crippen molar-refractivity contribution in [3.63, 3.8) is 0 Å². The highest BCUT2D eigenvalue weighted by atomic mass is 79.9. The fraction of sp³-hybridized carbons (Fsp3) is 0.333. The monoisotopic (exact) mass is 350 g/mol. The standard InChI is InChI=1S/C18H20BrFO/c1-4-18(2,3)14-8-10-15(11-9-14)21-12-13-6-5-7-16(20)17(13)19/h5-11H,4,12H2,1-3H3. The van der Waals surface area contributed by atoms with Crippen LogP contribution in [0.1, 0.15) is 38.3 Å². The average Bonchev–Trinajstić information content (AvgIpc) is 2.49. The zero-order chi connectivity index (χ0) is 15.5. The van der Waals surface area contributed by atoms with Crippen LogP contribution in [-0.4, -0.2) is 0 Å². The molecule has 21 heavy (non-hydrogen) atoms. The van der Waals surface area contributed by atoms with E-state index in [-0.39, 0.29) is 11.2 Å². The molecule has 0 N–H and O–H groups in total. The number of benzene rings is 2. The molecule has 0 aliphatic rings. The minimum Gasteiger partial charge on any atom is -0.489 e. The van der Waals surface area contributed by atoms with E-state index in [0.717, 1.165) is 17.7 Å². The Morgan fingerprint density at radius 3 is 2.38 bits per heavy atom. The van der Waals surface area contributed by atoms with Crippen LogP contribution in [0.5, 0.6) is 5.75 Å². The molecule has 0 heterocycles. The summed E-state index contributed by atoms with van der Waals surface area (Å²) in [6.45, 7) is 6.99. The average molecular weight is 351 g/mol. The maximum absolute atomic E-state index is 13.4. The van der Waals surface area contributed by atoms with E-state index >= 15 is 0 Å². The molecule has 112 valence electrons. The van der Waals surface area contributed by atoms with Crippen LogP contribution >= 0.6 is 15.9 Å². The molecule has 0 aromatic heterocycles. The van der Waals surface area contributed by atoms with Crippen molar-refractivity contribution in [3.8, 4) is 5.75 Å². The van der Waals surface area contributed by atoms with Gasteiger partial charge in [-0.05, 0) is 51.5 Å². The first-order valence-corrected chi connectivity index (χ1v) is 7.89. The van der Waals surface area contributed by atoms with Gasteiger partial charge in [0.15, 0.2) is 0 Å². The zero-order valence-corrected chi connectivity index (χ0v) is 14.2. The molecule has 2 rings (SSSR count). The van der Waals surface area contributed by atoms with Crippen molar-refractivity contribution in [1.29, 1.82) is 0 Å². The molecule has 0 fully saturated rings. The van der Waals surface area contributed by atoms with Crippen LogP contribution in [0.2, 0.25) is 0 Å². The van der Waals surface area contributed by atoms with Crippen molar-refractivity contribution in [1.82, 2.24) is 0 Å². The topological polar surface area (TPSA) is 9.23 Å². The fourth-order valence-electron chi connectivity index (χ4n) is 2.03. The quantitative estimate of drug-likeness (QED) is 0.656. The van der Waals surface area contributed by atoms with Crippen LogP contribution < -0.4 is 4.74 Å². The number of ether oxygens (including phenoxy) is 1. The first kappa shape index (κ1) is 16.0. The third-order valence-electron chi connectivity index (χ3n) is 3.95. The Hall–Kier alpha value is -1.35. The lowest BCUT2D eigenvalue weighted by atomic mass is 9.82. The van der Waals surface area contributed by atoms with E-state index in [0.29, 0.717) is 11.1 Å². The highest BCUT2D eigenvalue weighted by molar-refractivity contribution is 9.10. The van der Waals surface area contributed by atoms with Crippen molar-refractivity contribution >= 4 is 15.9 Å².